The molecular formula is C20H15N. The van der Waals surface area contributed by atoms with Gasteiger partial charge in [-0.2, -0.15) is 0 Å². The van der Waals surface area contributed by atoms with Gasteiger partial charge in [-0.05, 0) is 29.7 Å². The summed E-state index contributed by atoms with van der Waals surface area (Å²) in [7, 11) is 0. The summed E-state index contributed by atoms with van der Waals surface area (Å²) >= 11 is 0. The van der Waals surface area contributed by atoms with Gasteiger partial charge in [0.15, 0.2) is 0 Å². The van der Waals surface area contributed by atoms with Gasteiger partial charge in [-0.3, -0.25) is 0 Å². The molecule has 1 heteroatoms. The summed E-state index contributed by atoms with van der Waals surface area (Å²) in [5.74, 6) is 0. The number of hydrogen-bond donors (Lipinski definition) is 0. The van der Waals surface area contributed by atoms with Gasteiger partial charge in [-0.1, -0.05) is 66.8 Å². The molecule has 2 aliphatic carbocycles. The van der Waals surface area contributed by atoms with Gasteiger partial charge >= 0.3 is 0 Å². The number of aliphatic imine (C=N–C) groups is 1. The fourth-order valence-electron chi connectivity index (χ4n) is 2.82. The van der Waals surface area contributed by atoms with E-state index in [0.29, 0.717) is 0 Å². The van der Waals surface area contributed by atoms with Crippen LogP contribution in [0.5, 0.6) is 0 Å². The Morgan fingerprint density at radius 2 is 1.71 bits per heavy atom. The summed E-state index contributed by atoms with van der Waals surface area (Å²) in [5, 5.41) is 0. The second-order valence-corrected chi connectivity index (χ2v) is 5.33. The third kappa shape index (κ3) is 2.27. The number of benzene rings is 1. The second kappa shape index (κ2) is 5.02. The van der Waals surface area contributed by atoms with E-state index in [-0.39, 0.29) is 0 Å². The first kappa shape index (κ1) is 12.1. The normalized spacial score (nSPS) is 19.3. The summed E-state index contributed by atoms with van der Waals surface area (Å²) in [6.07, 6.45) is 18.1. The van der Waals surface area contributed by atoms with E-state index in [1.54, 1.807) is 0 Å². The van der Waals surface area contributed by atoms with E-state index in [1.165, 1.54) is 22.3 Å². The van der Waals surface area contributed by atoms with Gasteiger partial charge < -0.3 is 0 Å². The molecule has 0 N–H and O–H groups in total. The van der Waals surface area contributed by atoms with E-state index < -0.39 is 0 Å². The molecule has 0 saturated carbocycles. The Balaban J connectivity index is 1.83. The molecule has 0 unspecified atom stereocenters. The molecule has 21 heavy (non-hydrogen) atoms. The molecule has 100 valence electrons. The molecule has 4 rings (SSSR count). The first-order chi connectivity index (χ1) is 10.4. The molecule has 0 spiro atoms. The molecule has 3 aliphatic rings. The molecule has 2 bridgehead atoms. The fourth-order valence-corrected chi connectivity index (χ4v) is 2.82. The zero-order chi connectivity index (χ0) is 14.1. The maximum absolute atomic E-state index is 4.81. The zero-order valence-corrected chi connectivity index (χ0v) is 11.7. The predicted octanol–water partition coefficient (Wildman–Crippen LogP) is 4.68. The first-order valence-corrected chi connectivity index (χ1v) is 7.21. The van der Waals surface area contributed by atoms with Crippen molar-refractivity contribution < 1.29 is 0 Å². The van der Waals surface area contributed by atoms with Crippen molar-refractivity contribution in [2.24, 2.45) is 4.99 Å². The van der Waals surface area contributed by atoms with Crippen LogP contribution in [-0.4, -0.2) is 5.71 Å². The van der Waals surface area contributed by atoms with Gasteiger partial charge in [0.2, 0.25) is 0 Å². The first-order valence-electron chi connectivity index (χ1n) is 7.21. The molecule has 0 saturated heterocycles. The van der Waals surface area contributed by atoms with Crippen molar-refractivity contribution in [2.45, 2.75) is 6.42 Å². The van der Waals surface area contributed by atoms with Gasteiger partial charge in [0, 0.05) is 11.1 Å². The quantitative estimate of drug-likeness (QED) is 0.701. The third-order valence-corrected chi connectivity index (χ3v) is 3.89. The van der Waals surface area contributed by atoms with Crippen molar-refractivity contribution in [3.63, 3.8) is 0 Å². The van der Waals surface area contributed by atoms with Gasteiger partial charge in [0.1, 0.15) is 0 Å². The number of nitrogens with zero attached hydrogens (tertiary/aromatic N) is 1. The summed E-state index contributed by atoms with van der Waals surface area (Å²) in [5.41, 5.74) is 7.19. The molecule has 0 amide bonds. The lowest BCUT2D eigenvalue weighted by Crippen LogP contribution is -1.94. The SMILES string of the molecule is C1=CC=C2CC(=C1)C=CC=C1N=C(c3ccccc3)C=C21. The minimum Gasteiger partial charge on any atom is -0.248 e. The van der Waals surface area contributed by atoms with Crippen molar-refractivity contribution in [1.82, 2.24) is 0 Å². The van der Waals surface area contributed by atoms with Gasteiger partial charge in [-0.25, -0.2) is 4.99 Å². The summed E-state index contributed by atoms with van der Waals surface area (Å²) < 4.78 is 0. The minimum atomic E-state index is 0.963. The number of fused-ring (bicyclic) bond motifs is 4. The highest BCUT2D eigenvalue weighted by atomic mass is 14.8. The Labute approximate surface area is 124 Å². The highest BCUT2D eigenvalue weighted by Crippen LogP contribution is 2.34. The van der Waals surface area contributed by atoms with Crippen LogP contribution in [0.15, 0.2) is 106 Å². The molecule has 0 radical (unpaired) electrons. The number of rotatable bonds is 1. The van der Waals surface area contributed by atoms with E-state index in [0.717, 1.165) is 17.8 Å². The Hall–Kier alpha value is -2.67. The summed E-state index contributed by atoms with van der Waals surface area (Å²) in [6, 6.07) is 10.4. The van der Waals surface area contributed by atoms with E-state index in [2.05, 4.69) is 72.9 Å². The largest absolute Gasteiger partial charge is 0.248 e. The molecule has 0 atom stereocenters. The van der Waals surface area contributed by atoms with Crippen LogP contribution in [0.1, 0.15) is 12.0 Å². The third-order valence-electron chi connectivity index (χ3n) is 3.89. The van der Waals surface area contributed by atoms with Crippen LogP contribution in [0.4, 0.5) is 0 Å². The van der Waals surface area contributed by atoms with E-state index in [1.807, 2.05) is 6.07 Å². The van der Waals surface area contributed by atoms with E-state index in [4.69, 9.17) is 4.99 Å². The Morgan fingerprint density at radius 1 is 0.857 bits per heavy atom. The van der Waals surface area contributed by atoms with Crippen LogP contribution >= 0.6 is 0 Å². The molecular weight excluding hydrogens is 254 g/mol. The lowest BCUT2D eigenvalue weighted by Gasteiger charge is -2.11. The molecule has 0 aromatic heterocycles. The highest BCUT2D eigenvalue weighted by molar-refractivity contribution is 6.12. The standard InChI is InChI=1S/C20H15N/c1-2-9-16(10-3-1)20-14-18-17-11-5-4-7-15(13-17)8-6-12-19(18)21-20/h1-12,14H,13H2. The van der Waals surface area contributed by atoms with Crippen molar-refractivity contribution in [1.29, 1.82) is 0 Å². The lowest BCUT2D eigenvalue weighted by molar-refractivity contribution is 1.15. The minimum absolute atomic E-state index is 0.963. The lowest BCUT2D eigenvalue weighted by atomic mass is 9.94. The monoisotopic (exact) mass is 269 g/mol. The highest BCUT2D eigenvalue weighted by Gasteiger charge is 2.20. The van der Waals surface area contributed by atoms with Crippen LogP contribution < -0.4 is 0 Å². The number of allylic oxidation sites excluding steroid dienone is 10. The average Bonchev–Trinajstić information content (AvgIpc) is 2.77. The van der Waals surface area contributed by atoms with Gasteiger partial charge in [0.05, 0.1) is 11.4 Å². The van der Waals surface area contributed by atoms with Crippen molar-refractivity contribution in [3.05, 3.63) is 107 Å². The van der Waals surface area contributed by atoms with Crippen LogP contribution in [0.3, 0.4) is 0 Å². The van der Waals surface area contributed by atoms with Crippen LogP contribution in [0.2, 0.25) is 0 Å². The van der Waals surface area contributed by atoms with Gasteiger partial charge in [-0.15, -0.1) is 0 Å². The molecule has 1 nitrogen and oxygen atoms in total. The van der Waals surface area contributed by atoms with Crippen molar-refractivity contribution in [2.75, 3.05) is 0 Å². The maximum Gasteiger partial charge on any atom is 0.0716 e. The second-order valence-electron chi connectivity index (χ2n) is 5.33. The maximum atomic E-state index is 4.81. The molecule has 1 aliphatic heterocycles. The van der Waals surface area contributed by atoms with Crippen LogP contribution in [-0.2, 0) is 0 Å². The molecule has 1 aromatic carbocycles. The topological polar surface area (TPSA) is 12.4 Å². The van der Waals surface area contributed by atoms with Crippen molar-refractivity contribution in [3.8, 4) is 0 Å². The molecule has 1 heterocycles. The van der Waals surface area contributed by atoms with Crippen LogP contribution in [0.25, 0.3) is 0 Å². The Kier molecular flexibility index (Phi) is 2.89. The van der Waals surface area contributed by atoms with Crippen LogP contribution in [0, 0.1) is 0 Å². The summed E-state index contributed by atoms with van der Waals surface area (Å²) in [6.45, 7) is 0. The van der Waals surface area contributed by atoms with Gasteiger partial charge in [0.25, 0.3) is 0 Å². The summed E-state index contributed by atoms with van der Waals surface area (Å²) in [4.78, 5) is 4.81. The van der Waals surface area contributed by atoms with E-state index in [9.17, 15) is 0 Å². The number of hydrogen-bond acceptors (Lipinski definition) is 1. The Bertz CT molecular complexity index is 793. The smallest absolute Gasteiger partial charge is 0.0716 e. The predicted molar refractivity (Wildman–Crippen MR) is 88.2 cm³/mol. The molecule has 0 fully saturated rings. The molecule has 1 aromatic rings. The zero-order valence-electron chi connectivity index (χ0n) is 11.7. The Morgan fingerprint density at radius 3 is 2.62 bits per heavy atom. The average molecular weight is 269 g/mol. The van der Waals surface area contributed by atoms with E-state index >= 15 is 0 Å². The van der Waals surface area contributed by atoms with Crippen molar-refractivity contribution >= 4 is 5.71 Å². The fraction of sp³-hybridized carbons (Fsp3) is 0.0500.